The summed E-state index contributed by atoms with van der Waals surface area (Å²) in [5.74, 6) is 1.67. The van der Waals surface area contributed by atoms with Crippen LogP contribution in [-0.2, 0) is 6.42 Å². The molecule has 1 aliphatic carbocycles. The average Bonchev–Trinajstić information content (AvgIpc) is 3.06. The van der Waals surface area contributed by atoms with Gasteiger partial charge in [-0.3, -0.25) is 0 Å². The molecule has 0 atom stereocenters. The number of halogens is 1. The zero-order valence-corrected chi connectivity index (χ0v) is 11.3. The summed E-state index contributed by atoms with van der Waals surface area (Å²) < 4.78 is 12.4. The summed E-state index contributed by atoms with van der Waals surface area (Å²) in [6.07, 6.45) is 4.07. The molecule has 4 heteroatoms. The second-order valence-electron chi connectivity index (χ2n) is 4.96. The molecule has 3 rings (SSSR count). The average molecular weight is 298 g/mol. The van der Waals surface area contributed by atoms with Crippen LogP contribution in [0.2, 0.25) is 0 Å². The van der Waals surface area contributed by atoms with Crippen LogP contribution >= 0.6 is 15.9 Å². The highest BCUT2D eigenvalue weighted by molar-refractivity contribution is 9.10. The smallest absolute Gasteiger partial charge is 0.175 e. The molecule has 1 fully saturated rings. The zero-order valence-electron chi connectivity index (χ0n) is 9.67. The Morgan fingerprint density at radius 1 is 1.24 bits per heavy atom. The lowest BCUT2D eigenvalue weighted by molar-refractivity contribution is 0.296. The van der Waals surface area contributed by atoms with E-state index in [-0.39, 0.29) is 5.54 Å². The Morgan fingerprint density at radius 2 is 2.00 bits per heavy atom. The molecular formula is C13H16BrNO2. The van der Waals surface area contributed by atoms with Crippen LogP contribution in [0.5, 0.6) is 11.5 Å². The molecule has 92 valence electrons. The normalized spacial score (nSPS) is 20.8. The number of hydrogen-bond donors (Lipinski definition) is 1. The summed E-state index contributed by atoms with van der Waals surface area (Å²) in [5.41, 5.74) is 7.39. The molecule has 2 aliphatic rings. The first-order chi connectivity index (χ1) is 8.18. The maximum absolute atomic E-state index is 6.16. The minimum absolute atomic E-state index is 0.0162. The molecule has 0 bridgehead atoms. The van der Waals surface area contributed by atoms with Crippen molar-refractivity contribution in [3.63, 3.8) is 0 Å². The van der Waals surface area contributed by atoms with Gasteiger partial charge in [0, 0.05) is 12.0 Å². The van der Waals surface area contributed by atoms with Gasteiger partial charge >= 0.3 is 0 Å². The van der Waals surface area contributed by atoms with Crippen LogP contribution < -0.4 is 15.2 Å². The van der Waals surface area contributed by atoms with Crippen LogP contribution in [0.4, 0.5) is 0 Å². The maximum Gasteiger partial charge on any atom is 0.175 e. The quantitative estimate of drug-likeness (QED) is 0.913. The molecule has 3 nitrogen and oxygen atoms in total. The van der Waals surface area contributed by atoms with Crippen molar-refractivity contribution in [1.29, 1.82) is 0 Å². The third-order valence-corrected chi connectivity index (χ3v) is 4.24. The summed E-state index contributed by atoms with van der Waals surface area (Å²) in [7, 11) is 0. The van der Waals surface area contributed by atoms with Gasteiger partial charge in [0.25, 0.3) is 0 Å². The van der Waals surface area contributed by atoms with Crippen molar-refractivity contribution < 1.29 is 9.47 Å². The third kappa shape index (κ3) is 2.29. The number of nitrogens with two attached hydrogens (primary N) is 1. The largest absolute Gasteiger partial charge is 0.490 e. The molecule has 0 radical (unpaired) electrons. The Hall–Kier alpha value is -0.740. The van der Waals surface area contributed by atoms with E-state index in [1.165, 1.54) is 5.56 Å². The fourth-order valence-electron chi connectivity index (χ4n) is 2.10. The monoisotopic (exact) mass is 297 g/mol. The van der Waals surface area contributed by atoms with E-state index in [1.807, 2.05) is 6.07 Å². The second kappa shape index (κ2) is 4.18. The lowest BCUT2D eigenvalue weighted by atomic mass is 10.0. The number of fused-ring (bicyclic) bond motifs is 1. The second-order valence-corrected chi connectivity index (χ2v) is 5.75. The minimum atomic E-state index is 0.0162. The lowest BCUT2D eigenvalue weighted by Gasteiger charge is -2.15. The number of ether oxygens (including phenoxy) is 2. The van der Waals surface area contributed by atoms with Gasteiger partial charge in [-0.25, -0.2) is 0 Å². The van der Waals surface area contributed by atoms with E-state index in [2.05, 4.69) is 22.0 Å². The van der Waals surface area contributed by atoms with Gasteiger partial charge in [-0.2, -0.15) is 0 Å². The molecule has 17 heavy (non-hydrogen) atoms. The molecule has 2 N–H and O–H groups in total. The highest BCUT2D eigenvalue weighted by Gasteiger charge is 2.38. The Morgan fingerprint density at radius 3 is 2.76 bits per heavy atom. The maximum atomic E-state index is 6.16. The Bertz CT molecular complexity index is 443. The molecule has 1 saturated carbocycles. The molecule has 1 heterocycles. The van der Waals surface area contributed by atoms with Gasteiger partial charge < -0.3 is 15.2 Å². The molecule has 0 saturated heterocycles. The zero-order chi connectivity index (χ0) is 11.9. The van der Waals surface area contributed by atoms with Crippen molar-refractivity contribution in [3.8, 4) is 11.5 Å². The Balaban J connectivity index is 1.93. The summed E-state index contributed by atoms with van der Waals surface area (Å²) in [6, 6.07) is 4.08. The van der Waals surface area contributed by atoms with Crippen molar-refractivity contribution in [2.45, 2.75) is 31.2 Å². The Labute approximate surface area is 109 Å². The van der Waals surface area contributed by atoms with Crippen LogP contribution in [-0.4, -0.2) is 18.8 Å². The van der Waals surface area contributed by atoms with Gasteiger partial charge in [-0.15, -0.1) is 0 Å². The van der Waals surface area contributed by atoms with E-state index in [0.717, 1.165) is 48.3 Å². The van der Waals surface area contributed by atoms with Crippen LogP contribution in [0, 0.1) is 0 Å². The van der Waals surface area contributed by atoms with Crippen LogP contribution in [0.1, 0.15) is 24.8 Å². The summed E-state index contributed by atoms with van der Waals surface area (Å²) in [4.78, 5) is 0. The van der Waals surface area contributed by atoms with Crippen molar-refractivity contribution in [3.05, 3.63) is 22.2 Å². The highest BCUT2D eigenvalue weighted by atomic mass is 79.9. The summed E-state index contributed by atoms with van der Waals surface area (Å²) in [6.45, 7) is 1.43. The fraction of sp³-hybridized carbons (Fsp3) is 0.538. The van der Waals surface area contributed by atoms with Gasteiger partial charge in [-0.05, 0) is 46.8 Å². The van der Waals surface area contributed by atoms with Gasteiger partial charge in [0.15, 0.2) is 11.5 Å². The fourth-order valence-corrected chi connectivity index (χ4v) is 2.68. The predicted octanol–water partition coefficient (Wildman–Crippen LogP) is 2.64. The molecule has 0 amide bonds. The van der Waals surface area contributed by atoms with E-state index in [0.29, 0.717) is 6.61 Å². The molecule has 1 aliphatic heterocycles. The van der Waals surface area contributed by atoms with E-state index < -0.39 is 0 Å². The van der Waals surface area contributed by atoms with Crippen LogP contribution in [0.15, 0.2) is 16.6 Å². The standard InChI is InChI=1S/C13H16BrNO2/c14-11-9(8-13(15)4-5-13)2-3-10-12(11)17-7-1-6-16-10/h2-3H,1,4-8,15H2. The third-order valence-electron chi connectivity index (χ3n) is 3.37. The molecule has 1 aromatic carbocycles. The molecule has 0 aromatic heterocycles. The highest BCUT2D eigenvalue weighted by Crippen LogP contribution is 2.43. The number of rotatable bonds is 2. The van der Waals surface area contributed by atoms with Gasteiger partial charge in [0.1, 0.15) is 0 Å². The first kappa shape index (κ1) is 11.4. The first-order valence-electron chi connectivity index (χ1n) is 6.04. The van der Waals surface area contributed by atoms with Gasteiger partial charge in [-0.1, -0.05) is 6.07 Å². The van der Waals surface area contributed by atoms with Crippen LogP contribution in [0.25, 0.3) is 0 Å². The van der Waals surface area contributed by atoms with Crippen molar-refractivity contribution >= 4 is 15.9 Å². The van der Waals surface area contributed by atoms with E-state index in [9.17, 15) is 0 Å². The minimum Gasteiger partial charge on any atom is -0.490 e. The van der Waals surface area contributed by atoms with Crippen molar-refractivity contribution in [1.82, 2.24) is 0 Å². The van der Waals surface area contributed by atoms with Gasteiger partial charge in [0.05, 0.1) is 17.7 Å². The molecular weight excluding hydrogens is 282 g/mol. The van der Waals surface area contributed by atoms with E-state index in [4.69, 9.17) is 15.2 Å². The van der Waals surface area contributed by atoms with Crippen LogP contribution in [0.3, 0.4) is 0 Å². The Kier molecular flexibility index (Phi) is 2.79. The summed E-state index contributed by atoms with van der Waals surface area (Å²) >= 11 is 3.62. The van der Waals surface area contributed by atoms with E-state index in [1.54, 1.807) is 0 Å². The molecule has 0 spiro atoms. The lowest BCUT2D eigenvalue weighted by Crippen LogP contribution is -2.24. The van der Waals surface area contributed by atoms with Crippen molar-refractivity contribution in [2.75, 3.05) is 13.2 Å². The number of benzene rings is 1. The van der Waals surface area contributed by atoms with Crippen molar-refractivity contribution in [2.24, 2.45) is 5.73 Å². The molecule has 1 aromatic rings. The molecule has 0 unspecified atom stereocenters. The van der Waals surface area contributed by atoms with Gasteiger partial charge in [0.2, 0.25) is 0 Å². The first-order valence-corrected chi connectivity index (χ1v) is 6.83. The topological polar surface area (TPSA) is 44.5 Å². The number of hydrogen-bond acceptors (Lipinski definition) is 3. The SMILES string of the molecule is NC1(Cc2ccc3c(c2Br)OCCCO3)CC1. The predicted molar refractivity (Wildman–Crippen MR) is 69.6 cm³/mol. The van der Waals surface area contributed by atoms with E-state index >= 15 is 0 Å². The summed E-state index contributed by atoms with van der Waals surface area (Å²) in [5, 5.41) is 0.